The molecule has 2 aliphatic heterocycles. The second-order valence-electron chi connectivity index (χ2n) is 8.74. The summed E-state index contributed by atoms with van der Waals surface area (Å²) in [5, 5.41) is 1.90. The third-order valence-corrected chi connectivity index (χ3v) is 8.50. The average Bonchev–Trinajstić information content (AvgIpc) is 3.61. The van der Waals surface area contributed by atoms with Gasteiger partial charge in [-0.2, -0.15) is 0 Å². The van der Waals surface area contributed by atoms with Gasteiger partial charge < -0.3 is 9.64 Å². The highest BCUT2D eigenvalue weighted by Gasteiger charge is 2.36. The molecule has 0 radical (unpaired) electrons. The quantitative estimate of drug-likeness (QED) is 0.381. The molecule has 184 valence electrons. The van der Waals surface area contributed by atoms with Gasteiger partial charge in [0, 0.05) is 17.5 Å². The number of nitrogens with zero attached hydrogens (tertiary/aromatic N) is 3. The molecule has 7 nitrogen and oxygen atoms in total. The zero-order chi connectivity index (χ0) is 25.7. The fraction of sp³-hybridized carbons (Fsp3) is 0.143. The van der Waals surface area contributed by atoms with E-state index in [1.54, 1.807) is 18.9 Å². The van der Waals surface area contributed by atoms with Gasteiger partial charge in [0.05, 0.1) is 22.5 Å². The van der Waals surface area contributed by atoms with Gasteiger partial charge in [-0.1, -0.05) is 65.9 Å². The molecule has 0 aliphatic carbocycles. The van der Waals surface area contributed by atoms with Crippen LogP contribution < -0.4 is 19.8 Å². The lowest BCUT2D eigenvalue weighted by molar-refractivity contribution is -0.140. The third-order valence-electron chi connectivity index (χ3n) is 6.52. The summed E-state index contributed by atoms with van der Waals surface area (Å²) in [7, 11) is 1.70. The van der Waals surface area contributed by atoms with Crippen molar-refractivity contribution < 1.29 is 14.3 Å². The predicted molar refractivity (Wildman–Crippen MR) is 143 cm³/mol. The molecule has 0 saturated carbocycles. The SMILES string of the molecule is CC1=C(C(=O)OCc2ccccc2)[C@@H](c2cccs2)n2c(s/c(=C3\C(=O)N(C)c4ccccc43)c2=O)=N1. The molecular weight excluding hydrogens is 506 g/mol. The molecule has 2 aromatic heterocycles. The Kier molecular flexibility index (Phi) is 5.73. The molecule has 2 aliphatic rings. The van der Waals surface area contributed by atoms with E-state index < -0.39 is 12.0 Å². The van der Waals surface area contributed by atoms with Gasteiger partial charge in [0.15, 0.2) is 4.80 Å². The number of amides is 1. The van der Waals surface area contributed by atoms with Crippen molar-refractivity contribution in [2.45, 2.75) is 19.6 Å². The molecule has 1 atom stereocenters. The Morgan fingerprint density at radius 3 is 2.54 bits per heavy atom. The molecule has 0 unspecified atom stereocenters. The number of rotatable bonds is 4. The normalized spacial score (nSPS) is 17.9. The second kappa shape index (κ2) is 9.10. The lowest BCUT2D eigenvalue weighted by atomic mass is 10.0. The van der Waals surface area contributed by atoms with Crippen molar-refractivity contribution in [1.82, 2.24) is 4.57 Å². The summed E-state index contributed by atoms with van der Waals surface area (Å²) in [4.78, 5) is 48.1. The van der Waals surface area contributed by atoms with Crippen molar-refractivity contribution in [2.75, 3.05) is 11.9 Å². The zero-order valence-corrected chi connectivity index (χ0v) is 21.6. The monoisotopic (exact) mass is 527 g/mol. The highest BCUT2D eigenvalue weighted by Crippen LogP contribution is 2.35. The first kappa shape index (κ1) is 23.3. The molecule has 0 N–H and O–H groups in total. The molecule has 6 rings (SSSR count). The summed E-state index contributed by atoms with van der Waals surface area (Å²) in [6, 6.07) is 19.9. The number of aromatic nitrogens is 1. The lowest BCUT2D eigenvalue weighted by Crippen LogP contribution is -2.40. The Morgan fingerprint density at radius 1 is 1.03 bits per heavy atom. The maximum absolute atomic E-state index is 14.0. The third kappa shape index (κ3) is 3.78. The van der Waals surface area contributed by atoms with Gasteiger partial charge in [-0.25, -0.2) is 9.79 Å². The van der Waals surface area contributed by atoms with Crippen molar-refractivity contribution >= 4 is 45.8 Å². The van der Waals surface area contributed by atoms with E-state index in [0.29, 0.717) is 31.7 Å². The molecule has 4 aromatic rings. The fourth-order valence-corrected chi connectivity index (χ4v) is 6.70. The van der Waals surface area contributed by atoms with E-state index in [0.717, 1.165) is 16.1 Å². The summed E-state index contributed by atoms with van der Waals surface area (Å²) >= 11 is 2.62. The van der Waals surface area contributed by atoms with Gasteiger partial charge in [-0.05, 0) is 30.0 Å². The summed E-state index contributed by atoms with van der Waals surface area (Å²) in [5.41, 5.74) is 3.15. The Bertz CT molecular complexity index is 1770. The van der Waals surface area contributed by atoms with E-state index in [4.69, 9.17) is 4.74 Å². The largest absolute Gasteiger partial charge is 0.457 e. The van der Waals surface area contributed by atoms with E-state index in [9.17, 15) is 14.4 Å². The number of carbonyl (C=O) groups is 2. The number of thiazole rings is 1. The minimum Gasteiger partial charge on any atom is -0.457 e. The zero-order valence-electron chi connectivity index (χ0n) is 20.0. The van der Waals surface area contributed by atoms with Gasteiger partial charge in [0.1, 0.15) is 17.2 Å². The van der Waals surface area contributed by atoms with Crippen LogP contribution in [0.5, 0.6) is 0 Å². The van der Waals surface area contributed by atoms with E-state index in [2.05, 4.69) is 4.99 Å². The first-order valence-corrected chi connectivity index (χ1v) is 13.3. The molecule has 1 amide bonds. The Morgan fingerprint density at radius 2 is 1.78 bits per heavy atom. The molecule has 0 fully saturated rings. The number of benzene rings is 2. The van der Waals surface area contributed by atoms with Crippen molar-refractivity contribution in [3.8, 4) is 0 Å². The van der Waals surface area contributed by atoms with Gasteiger partial charge in [-0.15, -0.1) is 11.3 Å². The van der Waals surface area contributed by atoms with E-state index >= 15 is 0 Å². The fourth-order valence-electron chi connectivity index (χ4n) is 4.74. The van der Waals surface area contributed by atoms with Crippen molar-refractivity contribution in [3.63, 3.8) is 0 Å². The molecule has 0 saturated heterocycles. The van der Waals surface area contributed by atoms with Crippen LogP contribution in [0.15, 0.2) is 93.2 Å². The van der Waals surface area contributed by atoms with Crippen LogP contribution in [0.3, 0.4) is 0 Å². The van der Waals surface area contributed by atoms with Crippen LogP contribution in [0.25, 0.3) is 5.57 Å². The van der Waals surface area contributed by atoms with Crippen molar-refractivity contribution in [3.05, 3.63) is 119 Å². The number of para-hydroxylation sites is 1. The van der Waals surface area contributed by atoms with Gasteiger partial charge in [0.25, 0.3) is 11.5 Å². The first-order chi connectivity index (χ1) is 18.0. The second-order valence-corrected chi connectivity index (χ2v) is 10.7. The molecule has 2 aromatic carbocycles. The lowest BCUT2D eigenvalue weighted by Gasteiger charge is -2.23. The number of allylic oxidation sites excluding steroid dienone is 1. The number of anilines is 1. The summed E-state index contributed by atoms with van der Waals surface area (Å²) in [6.45, 7) is 1.86. The van der Waals surface area contributed by atoms with E-state index in [1.807, 2.05) is 72.1 Å². The van der Waals surface area contributed by atoms with Crippen molar-refractivity contribution in [1.29, 1.82) is 0 Å². The standard InChI is InChI=1S/C28H21N3O4S2/c1-16-21(27(34)35-15-17-9-4-3-5-10-17)23(20-13-8-14-36-20)31-26(33)24(37-28(31)29-16)22-18-11-6-7-12-19(18)30(2)25(22)32/h3-14,23H,15H2,1-2H3/b24-22-/t23-/m1/s1. The molecule has 0 bridgehead atoms. The maximum Gasteiger partial charge on any atom is 0.338 e. The Hall–Kier alpha value is -4.08. The molecule has 37 heavy (non-hydrogen) atoms. The van der Waals surface area contributed by atoms with Gasteiger partial charge in [-0.3, -0.25) is 14.2 Å². The van der Waals surface area contributed by atoms with E-state index in [1.165, 1.54) is 27.2 Å². The first-order valence-electron chi connectivity index (χ1n) is 11.6. The number of fused-ring (bicyclic) bond motifs is 2. The topological polar surface area (TPSA) is 81.0 Å². The van der Waals surface area contributed by atoms with Crippen LogP contribution in [0, 0.1) is 0 Å². The molecule has 0 spiro atoms. The van der Waals surface area contributed by atoms with Crippen LogP contribution >= 0.6 is 22.7 Å². The minimum absolute atomic E-state index is 0.111. The predicted octanol–water partition coefficient (Wildman–Crippen LogP) is 3.39. The maximum atomic E-state index is 14.0. The highest BCUT2D eigenvalue weighted by molar-refractivity contribution is 7.10. The van der Waals surface area contributed by atoms with Gasteiger partial charge >= 0.3 is 5.97 Å². The Labute approximate surface area is 219 Å². The van der Waals surface area contributed by atoms with Crippen molar-refractivity contribution in [2.24, 2.45) is 4.99 Å². The van der Waals surface area contributed by atoms with Crippen LogP contribution in [-0.2, 0) is 20.9 Å². The number of likely N-dealkylation sites (N-methyl/N-ethyl adjacent to an activating group) is 1. The van der Waals surface area contributed by atoms with Gasteiger partial charge in [0.2, 0.25) is 0 Å². The molecule has 4 heterocycles. The minimum atomic E-state index is -0.696. The number of carbonyl (C=O) groups excluding carboxylic acids is 2. The van der Waals surface area contributed by atoms with Crippen LogP contribution in [0.1, 0.15) is 29.0 Å². The molecular formula is C28H21N3O4S2. The number of hydrogen-bond donors (Lipinski definition) is 0. The summed E-state index contributed by atoms with van der Waals surface area (Å²) in [6.07, 6.45) is 0. The van der Waals surface area contributed by atoms with Crippen LogP contribution in [0.2, 0.25) is 0 Å². The molecule has 9 heteroatoms. The number of ether oxygens (including phenoxy) is 1. The van der Waals surface area contributed by atoms with Crippen LogP contribution in [0.4, 0.5) is 5.69 Å². The average molecular weight is 528 g/mol. The summed E-state index contributed by atoms with van der Waals surface area (Å²) in [5.74, 6) is -0.763. The number of hydrogen-bond acceptors (Lipinski definition) is 7. The van der Waals surface area contributed by atoms with E-state index in [-0.39, 0.29) is 18.1 Å². The number of esters is 1. The van der Waals surface area contributed by atoms with Crippen LogP contribution in [-0.4, -0.2) is 23.5 Å². The summed E-state index contributed by atoms with van der Waals surface area (Å²) < 4.78 is 7.52. The smallest absolute Gasteiger partial charge is 0.338 e. The number of thiophene rings is 1. The highest BCUT2D eigenvalue weighted by atomic mass is 32.1. The Balaban J connectivity index is 1.51.